The van der Waals surface area contributed by atoms with Gasteiger partial charge in [-0.1, -0.05) is 23.4 Å². The van der Waals surface area contributed by atoms with Crippen LogP contribution in [-0.4, -0.2) is 45.2 Å². The second kappa shape index (κ2) is 10.1. The number of hydrogen-bond acceptors (Lipinski definition) is 7. The van der Waals surface area contributed by atoms with E-state index < -0.39 is 12.0 Å². The van der Waals surface area contributed by atoms with Gasteiger partial charge in [0.25, 0.3) is 0 Å². The predicted molar refractivity (Wildman–Crippen MR) is 124 cm³/mol. The van der Waals surface area contributed by atoms with Crippen molar-refractivity contribution in [1.82, 2.24) is 25.4 Å². The van der Waals surface area contributed by atoms with Crippen LogP contribution in [0.25, 0.3) is 11.4 Å². The van der Waals surface area contributed by atoms with Gasteiger partial charge >= 0.3 is 12.0 Å². The third kappa shape index (κ3) is 5.23. The number of carbonyl (C=O) groups excluding carboxylic acids is 2. The van der Waals surface area contributed by atoms with Crippen LogP contribution in [0.15, 0.2) is 63.5 Å². The molecule has 0 spiro atoms. The van der Waals surface area contributed by atoms with E-state index in [2.05, 4.69) is 20.8 Å². The lowest BCUT2D eigenvalue weighted by atomic mass is 10.1. The Morgan fingerprint density at radius 3 is 2.76 bits per heavy atom. The number of carbonyl (C=O) groups is 2. The van der Waals surface area contributed by atoms with E-state index in [0.29, 0.717) is 39.6 Å². The number of rotatable bonds is 8. The topological polar surface area (TPSA) is 111 Å². The van der Waals surface area contributed by atoms with E-state index in [-0.39, 0.29) is 12.6 Å². The summed E-state index contributed by atoms with van der Waals surface area (Å²) in [5.74, 6) is 1.21. The number of esters is 1. The van der Waals surface area contributed by atoms with Crippen molar-refractivity contribution in [2.24, 2.45) is 0 Å². The van der Waals surface area contributed by atoms with Crippen LogP contribution in [0, 0.1) is 0 Å². The minimum atomic E-state index is -0.473. The van der Waals surface area contributed by atoms with Crippen molar-refractivity contribution in [3.05, 3.63) is 64.7 Å². The highest BCUT2D eigenvalue weighted by atomic mass is 35.5. The predicted octanol–water partition coefficient (Wildman–Crippen LogP) is 3.85. The molecule has 11 heteroatoms. The molecule has 2 aromatic heterocycles. The first kappa shape index (κ1) is 22.9. The standard InChI is InChI=1S/C22H22ClN5O4S/c1-3-31-20(29)18-13(2)24-21(30)25-17(18)12-33-22-27-26-19(14-6-8-15(23)9-7-14)28(22)11-16-5-4-10-32-16/h4-10,13H,3,11-12H2,1-2H3,(H2,24,25,30)/t13-/m1/s1. The fraction of sp³-hybridized carbons (Fsp3) is 0.273. The van der Waals surface area contributed by atoms with Crippen molar-refractivity contribution in [2.75, 3.05) is 12.4 Å². The normalized spacial score (nSPS) is 15.8. The van der Waals surface area contributed by atoms with Gasteiger partial charge in [0, 0.05) is 22.0 Å². The lowest BCUT2D eigenvalue weighted by molar-refractivity contribution is -0.138. The van der Waals surface area contributed by atoms with E-state index in [4.69, 9.17) is 20.8 Å². The molecule has 3 heterocycles. The lowest BCUT2D eigenvalue weighted by Crippen LogP contribution is -2.49. The van der Waals surface area contributed by atoms with Gasteiger partial charge in [0.1, 0.15) is 5.76 Å². The van der Waals surface area contributed by atoms with Crippen molar-refractivity contribution in [3.63, 3.8) is 0 Å². The third-order valence-electron chi connectivity index (χ3n) is 4.92. The molecule has 1 aliphatic rings. The van der Waals surface area contributed by atoms with Crippen LogP contribution in [0.1, 0.15) is 19.6 Å². The van der Waals surface area contributed by atoms with Crippen molar-refractivity contribution in [2.45, 2.75) is 31.6 Å². The smallest absolute Gasteiger partial charge is 0.337 e. The summed E-state index contributed by atoms with van der Waals surface area (Å²) >= 11 is 7.39. The zero-order chi connectivity index (χ0) is 23.4. The Morgan fingerprint density at radius 1 is 1.27 bits per heavy atom. The average Bonchev–Trinajstić information content (AvgIpc) is 3.43. The molecule has 1 aliphatic heterocycles. The molecule has 2 amide bonds. The number of nitrogens with zero attached hydrogens (tertiary/aromatic N) is 3. The number of aromatic nitrogens is 3. The number of nitrogens with one attached hydrogen (secondary N) is 2. The van der Waals surface area contributed by atoms with Gasteiger partial charge in [-0.25, -0.2) is 9.59 Å². The Morgan fingerprint density at radius 2 is 2.06 bits per heavy atom. The van der Waals surface area contributed by atoms with E-state index >= 15 is 0 Å². The molecule has 0 saturated heterocycles. The molecule has 0 radical (unpaired) electrons. The van der Waals surface area contributed by atoms with Gasteiger partial charge < -0.3 is 19.8 Å². The number of ether oxygens (including phenoxy) is 1. The van der Waals surface area contributed by atoms with E-state index in [1.54, 1.807) is 32.2 Å². The number of benzene rings is 1. The quantitative estimate of drug-likeness (QED) is 0.366. The fourth-order valence-electron chi connectivity index (χ4n) is 3.44. The highest BCUT2D eigenvalue weighted by Gasteiger charge is 2.30. The molecule has 0 aliphatic carbocycles. The van der Waals surface area contributed by atoms with Gasteiger partial charge in [0.15, 0.2) is 11.0 Å². The monoisotopic (exact) mass is 487 g/mol. The molecule has 0 bridgehead atoms. The summed E-state index contributed by atoms with van der Waals surface area (Å²) < 4.78 is 12.6. The molecule has 4 rings (SSSR count). The first-order chi connectivity index (χ1) is 16.0. The summed E-state index contributed by atoms with van der Waals surface area (Å²) in [6, 6.07) is 10.2. The van der Waals surface area contributed by atoms with Crippen LogP contribution in [0.4, 0.5) is 4.79 Å². The summed E-state index contributed by atoms with van der Waals surface area (Å²) in [6.07, 6.45) is 1.61. The molecule has 9 nitrogen and oxygen atoms in total. The van der Waals surface area contributed by atoms with Crippen LogP contribution >= 0.6 is 23.4 Å². The van der Waals surface area contributed by atoms with Gasteiger partial charge in [0.2, 0.25) is 0 Å². The molecule has 0 unspecified atom stereocenters. The van der Waals surface area contributed by atoms with Crippen LogP contribution in [-0.2, 0) is 16.1 Å². The van der Waals surface area contributed by atoms with Crippen molar-refractivity contribution >= 4 is 35.4 Å². The molecule has 33 heavy (non-hydrogen) atoms. The highest BCUT2D eigenvalue weighted by Crippen LogP contribution is 2.28. The zero-order valence-corrected chi connectivity index (χ0v) is 19.6. The first-order valence-electron chi connectivity index (χ1n) is 10.3. The van der Waals surface area contributed by atoms with Gasteiger partial charge in [0.05, 0.1) is 31.0 Å². The number of thioether (sulfide) groups is 1. The van der Waals surface area contributed by atoms with E-state index in [0.717, 1.165) is 11.3 Å². The summed E-state index contributed by atoms with van der Waals surface area (Å²) in [4.78, 5) is 24.5. The lowest BCUT2D eigenvalue weighted by Gasteiger charge is -2.26. The highest BCUT2D eigenvalue weighted by molar-refractivity contribution is 7.99. The van der Waals surface area contributed by atoms with Crippen LogP contribution in [0.3, 0.4) is 0 Å². The molecule has 1 atom stereocenters. The van der Waals surface area contributed by atoms with Gasteiger partial charge in [-0.3, -0.25) is 4.57 Å². The number of hydrogen-bond donors (Lipinski definition) is 2. The molecular weight excluding hydrogens is 466 g/mol. The van der Waals surface area contributed by atoms with E-state index in [1.807, 2.05) is 28.8 Å². The van der Waals surface area contributed by atoms with Gasteiger partial charge in [-0.05, 0) is 50.2 Å². The van der Waals surface area contributed by atoms with Crippen molar-refractivity contribution in [1.29, 1.82) is 0 Å². The largest absolute Gasteiger partial charge is 0.467 e. The second-order valence-electron chi connectivity index (χ2n) is 7.20. The van der Waals surface area contributed by atoms with Crippen molar-refractivity contribution in [3.8, 4) is 11.4 Å². The maximum Gasteiger partial charge on any atom is 0.337 e. The first-order valence-corrected chi connectivity index (χ1v) is 11.6. The Bertz CT molecular complexity index is 1170. The molecule has 3 aromatic rings. The van der Waals surface area contributed by atoms with Crippen LogP contribution in [0.2, 0.25) is 5.02 Å². The molecule has 1 aromatic carbocycles. The zero-order valence-electron chi connectivity index (χ0n) is 18.0. The number of urea groups is 1. The van der Waals surface area contributed by atoms with E-state index in [9.17, 15) is 9.59 Å². The van der Waals surface area contributed by atoms with Gasteiger partial charge in [-0.15, -0.1) is 10.2 Å². The summed E-state index contributed by atoms with van der Waals surface area (Å²) in [7, 11) is 0. The molecule has 0 fully saturated rings. The summed E-state index contributed by atoms with van der Waals surface area (Å²) in [6.45, 7) is 4.13. The summed E-state index contributed by atoms with van der Waals surface area (Å²) in [5.41, 5.74) is 1.72. The average molecular weight is 488 g/mol. The number of amides is 2. The Kier molecular flexibility index (Phi) is 7.05. The molecule has 0 saturated carbocycles. The minimum absolute atomic E-state index is 0.241. The fourth-order valence-corrected chi connectivity index (χ4v) is 4.47. The third-order valence-corrected chi connectivity index (χ3v) is 6.17. The van der Waals surface area contributed by atoms with Crippen LogP contribution in [0.5, 0.6) is 0 Å². The summed E-state index contributed by atoms with van der Waals surface area (Å²) in [5, 5.41) is 15.4. The second-order valence-corrected chi connectivity index (χ2v) is 8.58. The molecular formula is C22H22ClN5O4S. The minimum Gasteiger partial charge on any atom is -0.467 e. The Labute approximate surface area is 199 Å². The maximum absolute atomic E-state index is 12.5. The van der Waals surface area contributed by atoms with Crippen LogP contribution < -0.4 is 10.6 Å². The maximum atomic E-state index is 12.5. The molecule has 172 valence electrons. The van der Waals surface area contributed by atoms with Crippen molar-refractivity contribution < 1.29 is 18.7 Å². The van der Waals surface area contributed by atoms with Gasteiger partial charge in [-0.2, -0.15) is 0 Å². The Hall–Kier alpha value is -3.24. The number of halogens is 1. The van der Waals surface area contributed by atoms with E-state index in [1.165, 1.54) is 11.8 Å². The molecule has 2 N–H and O–H groups in total. The Balaban J connectivity index is 1.65. The SMILES string of the molecule is CCOC(=O)C1=C(CSc2nnc(-c3ccc(Cl)cc3)n2Cc2ccco2)NC(=O)N[C@@H]1C. The number of furan rings is 1.